The van der Waals surface area contributed by atoms with Crippen LogP contribution < -0.4 is 9.62 Å². The molecule has 0 unspecified atom stereocenters. The number of hydrogen-bond acceptors (Lipinski definition) is 3. The maximum Gasteiger partial charge on any atom is 0.264 e. The van der Waals surface area contributed by atoms with E-state index in [4.69, 9.17) is 0 Å². The summed E-state index contributed by atoms with van der Waals surface area (Å²) in [7, 11) is -3.87. The van der Waals surface area contributed by atoms with Crippen molar-refractivity contribution in [1.29, 1.82) is 0 Å². The Balaban J connectivity index is 2.44. The highest BCUT2D eigenvalue weighted by molar-refractivity contribution is 7.92. The fraction of sp³-hybridized carbons (Fsp3) is 0.381. The summed E-state index contributed by atoms with van der Waals surface area (Å²) in [6, 6.07) is 15.5. The molecular weight excluding hydrogens is 360 g/mol. The molecule has 27 heavy (non-hydrogen) atoms. The van der Waals surface area contributed by atoms with E-state index in [1.165, 1.54) is 12.1 Å². The van der Waals surface area contributed by atoms with Gasteiger partial charge in [0.1, 0.15) is 6.54 Å². The first-order valence-corrected chi connectivity index (χ1v) is 10.4. The molecule has 0 saturated heterocycles. The first kappa shape index (κ1) is 21.0. The fourth-order valence-corrected chi connectivity index (χ4v) is 4.09. The SMILES string of the molecule is CC(C)c1ccc(N(CC(=O)NC(C)(C)C)S(=O)(=O)c2ccccc2)cc1. The van der Waals surface area contributed by atoms with Crippen LogP contribution in [0, 0.1) is 0 Å². The molecule has 1 amide bonds. The van der Waals surface area contributed by atoms with Crippen LogP contribution >= 0.6 is 0 Å². The molecule has 0 radical (unpaired) electrons. The minimum atomic E-state index is -3.87. The fourth-order valence-electron chi connectivity index (χ4n) is 2.65. The van der Waals surface area contributed by atoms with Gasteiger partial charge in [0.25, 0.3) is 10.0 Å². The first-order chi connectivity index (χ1) is 12.5. The van der Waals surface area contributed by atoms with Crippen molar-refractivity contribution in [3.8, 4) is 0 Å². The predicted molar refractivity (Wildman–Crippen MR) is 109 cm³/mol. The lowest BCUT2D eigenvalue weighted by atomic mass is 10.0. The zero-order chi connectivity index (χ0) is 20.2. The Morgan fingerprint density at radius 2 is 1.56 bits per heavy atom. The standard InChI is InChI=1S/C21H28N2O3S/c1-16(2)17-11-13-18(14-12-17)23(15-20(24)22-21(3,4)5)27(25,26)19-9-7-6-8-10-19/h6-14,16H,15H2,1-5H3,(H,22,24). The van der Waals surface area contributed by atoms with Crippen molar-refractivity contribution < 1.29 is 13.2 Å². The Morgan fingerprint density at radius 3 is 2.04 bits per heavy atom. The molecule has 6 heteroatoms. The summed E-state index contributed by atoms with van der Waals surface area (Å²) in [4.78, 5) is 12.6. The molecule has 0 heterocycles. The molecule has 2 aromatic carbocycles. The number of rotatable bonds is 6. The summed E-state index contributed by atoms with van der Waals surface area (Å²) in [5, 5.41) is 2.83. The van der Waals surface area contributed by atoms with Gasteiger partial charge in [-0.25, -0.2) is 8.42 Å². The molecule has 146 valence electrons. The monoisotopic (exact) mass is 388 g/mol. The zero-order valence-electron chi connectivity index (χ0n) is 16.6. The molecule has 0 spiro atoms. The summed E-state index contributed by atoms with van der Waals surface area (Å²) in [6.07, 6.45) is 0. The van der Waals surface area contributed by atoms with E-state index >= 15 is 0 Å². The van der Waals surface area contributed by atoms with Gasteiger partial charge in [-0.3, -0.25) is 9.10 Å². The number of benzene rings is 2. The lowest BCUT2D eigenvalue weighted by molar-refractivity contribution is -0.121. The van der Waals surface area contributed by atoms with Gasteiger partial charge in [-0.1, -0.05) is 44.2 Å². The zero-order valence-corrected chi connectivity index (χ0v) is 17.4. The van der Waals surface area contributed by atoms with Crippen molar-refractivity contribution in [2.24, 2.45) is 0 Å². The van der Waals surface area contributed by atoms with Gasteiger partial charge in [0.2, 0.25) is 5.91 Å². The lowest BCUT2D eigenvalue weighted by Gasteiger charge is -2.27. The first-order valence-electron chi connectivity index (χ1n) is 8.99. The summed E-state index contributed by atoms with van der Waals surface area (Å²) >= 11 is 0. The number of nitrogens with zero attached hydrogens (tertiary/aromatic N) is 1. The summed E-state index contributed by atoms with van der Waals surface area (Å²) < 4.78 is 27.6. The van der Waals surface area contributed by atoms with E-state index in [1.54, 1.807) is 30.3 Å². The summed E-state index contributed by atoms with van der Waals surface area (Å²) in [5.74, 6) is -0.0163. The summed E-state index contributed by atoms with van der Waals surface area (Å²) in [5.41, 5.74) is 1.13. The van der Waals surface area contributed by atoms with E-state index < -0.39 is 15.6 Å². The van der Waals surface area contributed by atoms with Crippen LogP contribution in [0.5, 0.6) is 0 Å². The van der Waals surface area contributed by atoms with E-state index in [1.807, 2.05) is 32.9 Å². The molecule has 0 aliphatic carbocycles. The van der Waals surface area contributed by atoms with Gasteiger partial charge in [-0.2, -0.15) is 0 Å². The van der Waals surface area contributed by atoms with E-state index in [0.29, 0.717) is 11.6 Å². The van der Waals surface area contributed by atoms with Gasteiger partial charge in [-0.15, -0.1) is 0 Å². The summed E-state index contributed by atoms with van der Waals surface area (Å²) in [6.45, 7) is 9.44. The molecule has 0 saturated carbocycles. The van der Waals surface area contributed by atoms with Crippen LogP contribution in [0.4, 0.5) is 5.69 Å². The number of carbonyl (C=O) groups excluding carboxylic acids is 1. The predicted octanol–water partition coefficient (Wildman–Crippen LogP) is 3.92. The second-order valence-corrected chi connectivity index (χ2v) is 9.73. The van der Waals surface area contributed by atoms with Gasteiger partial charge in [0.15, 0.2) is 0 Å². The van der Waals surface area contributed by atoms with E-state index in [-0.39, 0.29) is 17.3 Å². The normalized spacial score (nSPS) is 12.1. The number of nitrogens with one attached hydrogen (secondary N) is 1. The van der Waals surface area contributed by atoms with Gasteiger partial charge < -0.3 is 5.32 Å². The average molecular weight is 389 g/mol. The van der Waals surface area contributed by atoms with Gasteiger partial charge in [0.05, 0.1) is 10.6 Å². The van der Waals surface area contributed by atoms with Crippen molar-refractivity contribution in [3.05, 3.63) is 60.2 Å². The Hall–Kier alpha value is -2.34. The van der Waals surface area contributed by atoms with Crippen LogP contribution in [0.15, 0.2) is 59.5 Å². The molecule has 1 N–H and O–H groups in total. The van der Waals surface area contributed by atoms with Crippen molar-refractivity contribution >= 4 is 21.6 Å². The highest BCUT2D eigenvalue weighted by Gasteiger charge is 2.28. The third-order valence-electron chi connectivity index (χ3n) is 3.98. The molecule has 0 fully saturated rings. The topological polar surface area (TPSA) is 66.5 Å². The minimum Gasteiger partial charge on any atom is -0.350 e. The molecule has 0 aliphatic heterocycles. The minimum absolute atomic E-state index is 0.154. The second-order valence-electron chi connectivity index (χ2n) is 7.87. The highest BCUT2D eigenvalue weighted by Crippen LogP contribution is 2.25. The van der Waals surface area contributed by atoms with Crippen LogP contribution in [-0.4, -0.2) is 26.4 Å². The van der Waals surface area contributed by atoms with Crippen molar-refractivity contribution in [2.75, 3.05) is 10.8 Å². The quantitative estimate of drug-likeness (QED) is 0.816. The molecule has 0 aliphatic rings. The van der Waals surface area contributed by atoms with Crippen LogP contribution in [0.3, 0.4) is 0 Å². The van der Waals surface area contributed by atoms with Crippen LogP contribution in [-0.2, 0) is 14.8 Å². The highest BCUT2D eigenvalue weighted by atomic mass is 32.2. The third-order valence-corrected chi connectivity index (χ3v) is 5.77. The van der Waals surface area contributed by atoms with Gasteiger partial charge >= 0.3 is 0 Å². The molecule has 0 atom stereocenters. The Labute approximate surface area is 162 Å². The van der Waals surface area contributed by atoms with Crippen LogP contribution in [0.25, 0.3) is 0 Å². The van der Waals surface area contributed by atoms with E-state index in [2.05, 4.69) is 19.2 Å². The van der Waals surface area contributed by atoms with Gasteiger partial charge in [0, 0.05) is 5.54 Å². The second kappa shape index (κ2) is 8.13. The molecule has 0 bridgehead atoms. The molecule has 5 nitrogen and oxygen atoms in total. The molecule has 2 aromatic rings. The van der Waals surface area contributed by atoms with Gasteiger partial charge in [-0.05, 0) is 56.5 Å². The number of sulfonamides is 1. The Bertz CT molecular complexity index is 868. The van der Waals surface area contributed by atoms with Crippen molar-refractivity contribution in [3.63, 3.8) is 0 Å². The number of carbonyl (C=O) groups is 1. The average Bonchev–Trinajstić information content (AvgIpc) is 2.59. The van der Waals surface area contributed by atoms with Crippen molar-refractivity contribution in [2.45, 2.75) is 51.0 Å². The molecule has 2 rings (SSSR count). The molecular formula is C21H28N2O3S. The van der Waals surface area contributed by atoms with E-state index in [0.717, 1.165) is 9.87 Å². The van der Waals surface area contributed by atoms with Crippen molar-refractivity contribution in [1.82, 2.24) is 5.32 Å². The number of amides is 1. The number of anilines is 1. The molecule has 0 aromatic heterocycles. The maximum atomic E-state index is 13.2. The Morgan fingerprint density at radius 1 is 1.00 bits per heavy atom. The Kier molecular flexibility index (Phi) is 6.31. The van der Waals surface area contributed by atoms with Crippen LogP contribution in [0.1, 0.15) is 46.1 Å². The lowest BCUT2D eigenvalue weighted by Crippen LogP contribution is -2.47. The largest absolute Gasteiger partial charge is 0.350 e. The smallest absolute Gasteiger partial charge is 0.264 e. The number of hydrogen-bond donors (Lipinski definition) is 1. The van der Waals surface area contributed by atoms with E-state index in [9.17, 15) is 13.2 Å². The van der Waals surface area contributed by atoms with Crippen LogP contribution in [0.2, 0.25) is 0 Å². The third kappa shape index (κ3) is 5.57. The maximum absolute atomic E-state index is 13.2.